The number of aldehydes is 1. The molecule has 0 saturated carbocycles. The van der Waals surface area contributed by atoms with Crippen LogP contribution in [0.2, 0.25) is 0 Å². The van der Waals surface area contributed by atoms with Crippen molar-refractivity contribution in [2.75, 3.05) is 5.32 Å². The van der Waals surface area contributed by atoms with Gasteiger partial charge >= 0.3 is 0 Å². The Balaban J connectivity index is 1.28. The zero-order valence-electron chi connectivity index (χ0n) is 20.4. The van der Waals surface area contributed by atoms with Crippen LogP contribution in [0.5, 0.6) is 0 Å². The minimum absolute atomic E-state index is 0.685. The van der Waals surface area contributed by atoms with Crippen LogP contribution in [-0.4, -0.2) is 6.29 Å². The topological polar surface area (TPSA) is 29.1 Å². The van der Waals surface area contributed by atoms with Crippen LogP contribution in [0.25, 0.3) is 23.8 Å². The van der Waals surface area contributed by atoms with Gasteiger partial charge in [0.2, 0.25) is 0 Å². The van der Waals surface area contributed by atoms with Crippen molar-refractivity contribution in [3.8, 4) is 0 Å². The molecule has 0 unspecified atom stereocenters. The molecule has 178 valence electrons. The van der Waals surface area contributed by atoms with Gasteiger partial charge in [-0.2, -0.15) is 0 Å². The van der Waals surface area contributed by atoms with Gasteiger partial charge in [-0.3, -0.25) is 4.79 Å². The lowest BCUT2D eigenvalue weighted by Crippen LogP contribution is -1.91. The summed E-state index contributed by atoms with van der Waals surface area (Å²) in [6.45, 7) is 0. The Labute approximate surface area is 218 Å². The number of hydrogen-bond donors (Lipinski definition) is 1. The highest BCUT2D eigenvalue weighted by atomic mass is 16.1. The number of carbonyl (C=O) groups excluding carboxylic acids is 1. The monoisotopic (exact) mass is 477 g/mol. The normalized spacial score (nSPS) is 10.7. The van der Waals surface area contributed by atoms with Crippen LogP contribution in [-0.2, 0) is 0 Å². The summed E-state index contributed by atoms with van der Waals surface area (Å²) in [6.07, 6.45) is 7.21. The lowest BCUT2D eigenvalue weighted by molar-refractivity contribution is 0.112. The largest absolute Gasteiger partial charge is 0.356 e. The van der Waals surface area contributed by atoms with Crippen LogP contribution >= 0.6 is 0 Å². The van der Waals surface area contributed by atoms with E-state index >= 15 is 0 Å². The van der Waals surface area contributed by atoms with Crippen molar-refractivity contribution < 1.29 is 4.79 Å². The van der Waals surface area contributed by atoms with E-state index in [0.717, 1.165) is 34.4 Å². The molecule has 0 fully saturated rings. The number of benzene rings is 5. The average molecular weight is 478 g/mol. The minimum atomic E-state index is 0.685. The Kier molecular flexibility index (Phi) is 7.49. The lowest BCUT2D eigenvalue weighted by atomic mass is 9.96. The second-order valence-corrected chi connectivity index (χ2v) is 8.78. The number of carbonyl (C=O) groups is 1. The molecule has 0 aliphatic carbocycles. The van der Waals surface area contributed by atoms with Gasteiger partial charge in [-0.15, -0.1) is 0 Å². The highest BCUT2D eigenvalue weighted by molar-refractivity contribution is 5.91. The predicted octanol–water partition coefficient (Wildman–Crippen LogP) is 9.00. The molecule has 0 radical (unpaired) electrons. The highest BCUT2D eigenvalue weighted by Crippen LogP contribution is 2.27. The van der Waals surface area contributed by atoms with Crippen molar-refractivity contribution >= 4 is 41.5 Å². The van der Waals surface area contributed by atoms with E-state index in [1.54, 1.807) is 0 Å². The standard InChI is InChI=1S/C35H27NO/c37-26-30-15-13-27(14-16-30)11-12-28-17-21-33(22-18-28)36-34-23-19-29(20-24-34)25-35(31-7-3-1-4-8-31)32-9-5-2-6-10-32/h1-26,36H. The molecule has 37 heavy (non-hydrogen) atoms. The van der Waals surface area contributed by atoms with E-state index in [0.29, 0.717) is 5.56 Å². The van der Waals surface area contributed by atoms with Gasteiger partial charge in [0, 0.05) is 16.9 Å². The third-order valence-corrected chi connectivity index (χ3v) is 6.13. The number of anilines is 2. The van der Waals surface area contributed by atoms with Gasteiger partial charge in [0.15, 0.2) is 0 Å². The van der Waals surface area contributed by atoms with Crippen LogP contribution in [0.4, 0.5) is 11.4 Å². The predicted molar refractivity (Wildman–Crippen MR) is 157 cm³/mol. The Hall–Kier alpha value is -4.95. The molecule has 2 heteroatoms. The zero-order chi connectivity index (χ0) is 25.3. The van der Waals surface area contributed by atoms with E-state index in [1.807, 2.05) is 42.5 Å². The second kappa shape index (κ2) is 11.7. The van der Waals surface area contributed by atoms with E-state index in [2.05, 4.69) is 115 Å². The summed E-state index contributed by atoms with van der Waals surface area (Å²) in [6, 6.07) is 45.3. The van der Waals surface area contributed by atoms with E-state index < -0.39 is 0 Å². The molecule has 0 saturated heterocycles. The van der Waals surface area contributed by atoms with Crippen molar-refractivity contribution in [3.63, 3.8) is 0 Å². The Bertz CT molecular complexity index is 1460. The molecule has 0 aliphatic rings. The first-order valence-electron chi connectivity index (χ1n) is 12.3. The minimum Gasteiger partial charge on any atom is -0.356 e. The summed E-state index contributed by atoms with van der Waals surface area (Å²) in [5.41, 5.74) is 9.67. The fourth-order valence-corrected chi connectivity index (χ4v) is 4.12. The van der Waals surface area contributed by atoms with Gasteiger partial charge in [-0.1, -0.05) is 121 Å². The van der Waals surface area contributed by atoms with Gasteiger partial charge in [-0.25, -0.2) is 0 Å². The Morgan fingerprint density at radius 1 is 0.459 bits per heavy atom. The Morgan fingerprint density at radius 3 is 1.32 bits per heavy atom. The van der Waals surface area contributed by atoms with Gasteiger partial charge in [0.05, 0.1) is 0 Å². The summed E-state index contributed by atoms with van der Waals surface area (Å²) in [5.74, 6) is 0. The molecule has 0 aliphatic heterocycles. The fourth-order valence-electron chi connectivity index (χ4n) is 4.12. The van der Waals surface area contributed by atoms with Crippen molar-refractivity contribution in [1.82, 2.24) is 0 Å². The van der Waals surface area contributed by atoms with Crippen LogP contribution < -0.4 is 5.32 Å². The van der Waals surface area contributed by atoms with Crippen molar-refractivity contribution in [2.45, 2.75) is 0 Å². The third-order valence-electron chi connectivity index (χ3n) is 6.13. The summed E-state index contributed by atoms with van der Waals surface area (Å²) in [5, 5.41) is 3.48. The van der Waals surface area contributed by atoms with Crippen LogP contribution in [0, 0.1) is 0 Å². The maximum atomic E-state index is 10.8. The summed E-state index contributed by atoms with van der Waals surface area (Å²) in [7, 11) is 0. The van der Waals surface area contributed by atoms with Gasteiger partial charge in [-0.05, 0) is 63.7 Å². The first-order valence-corrected chi connectivity index (χ1v) is 12.3. The van der Waals surface area contributed by atoms with Crippen molar-refractivity contribution in [2.24, 2.45) is 0 Å². The van der Waals surface area contributed by atoms with Gasteiger partial charge in [0.1, 0.15) is 6.29 Å². The molecule has 0 heterocycles. The van der Waals surface area contributed by atoms with Crippen LogP contribution in [0.15, 0.2) is 133 Å². The number of rotatable bonds is 8. The zero-order valence-corrected chi connectivity index (χ0v) is 20.4. The molecule has 1 N–H and O–H groups in total. The van der Waals surface area contributed by atoms with E-state index in [-0.39, 0.29) is 0 Å². The molecule has 5 rings (SSSR count). The molecule has 0 aromatic heterocycles. The highest BCUT2D eigenvalue weighted by Gasteiger charge is 2.05. The van der Waals surface area contributed by atoms with Gasteiger partial charge in [0.25, 0.3) is 0 Å². The van der Waals surface area contributed by atoms with E-state index in [9.17, 15) is 4.79 Å². The summed E-state index contributed by atoms with van der Waals surface area (Å²) in [4.78, 5) is 10.8. The molecule has 5 aromatic carbocycles. The first kappa shape index (κ1) is 23.8. The molecule has 0 spiro atoms. The molecular formula is C35H27NO. The molecule has 0 amide bonds. The maximum absolute atomic E-state index is 10.8. The average Bonchev–Trinajstić information content (AvgIpc) is 2.97. The molecule has 0 atom stereocenters. The number of nitrogens with one attached hydrogen (secondary N) is 1. The molecular weight excluding hydrogens is 450 g/mol. The molecule has 0 bridgehead atoms. The van der Waals surface area contributed by atoms with E-state index in [1.165, 1.54) is 16.7 Å². The smallest absolute Gasteiger partial charge is 0.150 e. The SMILES string of the molecule is O=Cc1ccc(C=Cc2ccc(Nc3ccc(C=C(c4ccccc4)c4ccccc4)cc3)cc2)cc1. The van der Waals surface area contributed by atoms with Gasteiger partial charge < -0.3 is 5.32 Å². The maximum Gasteiger partial charge on any atom is 0.150 e. The van der Waals surface area contributed by atoms with Crippen LogP contribution in [0.1, 0.15) is 38.2 Å². The molecule has 5 aromatic rings. The summed E-state index contributed by atoms with van der Waals surface area (Å²) < 4.78 is 0. The fraction of sp³-hybridized carbons (Fsp3) is 0. The third kappa shape index (κ3) is 6.39. The quantitative estimate of drug-likeness (QED) is 0.178. The Morgan fingerprint density at radius 2 is 0.865 bits per heavy atom. The summed E-state index contributed by atoms with van der Waals surface area (Å²) >= 11 is 0. The van der Waals surface area contributed by atoms with E-state index in [4.69, 9.17) is 0 Å². The first-order chi connectivity index (χ1) is 18.3. The molecule has 2 nitrogen and oxygen atoms in total. The number of hydrogen-bond acceptors (Lipinski definition) is 2. The lowest BCUT2D eigenvalue weighted by Gasteiger charge is -2.10. The second-order valence-electron chi connectivity index (χ2n) is 8.78. The van der Waals surface area contributed by atoms with Crippen molar-refractivity contribution in [1.29, 1.82) is 0 Å². The van der Waals surface area contributed by atoms with Crippen molar-refractivity contribution in [3.05, 3.63) is 167 Å². The van der Waals surface area contributed by atoms with Crippen LogP contribution in [0.3, 0.4) is 0 Å².